The van der Waals surface area contributed by atoms with Crippen LogP contribution in [-0.2, 0) is 0 Å². The van der Waals surface area contributed by atoms with Gasteiger partial charge in [-0.3, -0.25) is 4.98 Å². The van der Waals surface area contributed by atoms with Crippen molar-refractivity contribution in [3.8, 4) is 0 Å². The minimum atomic E-state index is -0.913. The fourth-order valence-corrected chi connectivity index (χ4v) is 2.62. The van der Waals surface area contributed by atoms with Crippen molar-refractivity contribution < 1.29 is 14.3 Å². The fourth-order valence-electron chi connectivity index (χ4n) is 2.62. The maximum absolute atomic E-state index is 11.1. The van der Waals surface area contributed by atoms with Crippen molar-refractivity contribution in [1.82, 2.24) is 4.98 Å². The number of furan rings is 1. The molecule has 118 valence electrons. The molecular formula is C19H19NO3. The summed E-state index contributed by atoms with van der Waals surface area (Å²) in [6, 6.07) is 11.7. The SMILES string of the molecule is Cc1ccccn1.Cc1oc2ccc(C3CC3)cc2c1C(=O)O. The third-order valence-electron chi connectivity index (χ3n) is 3.96. The molecule has 0 unspecified atom stereocenters. The molecule has 3 aromatic rings. The predicted octanol–water partition coefficient (Wildman–Crippen LogP) is 4.71. The number of aromatic carboxylic acids is 1. The van der Waals surface area contributed by atoms with Crippen molar-refractivity contribution in [3.63, 3.8) is 0 Å². The quantitative estimate of drug-likeness (QED) is 0.745. The lowest BCUT2D eigenvalue weighted by Crippen LogP contribution is -1.96. The van der Waals surface area contributed by atoms with Crippen LogP contribution in [0.15, 0.2) is 47.0 Å². The molecule has 1 fully saturated rings. The van der Waals surface area contributed by atoms with Gasteiger partial charge in [0.15, 0.2) is 0 Å². The van der Waals surface area contributed by atoms with E-state index >= 15 is 0 Å². The van der Waals surface area contributed by atoms with Gasteiger partial charge in [0.1, 0.15) is 16.9 Å². The number of hydrogen-bond donors (Lipinski definition) is 1. The van der Waals surface area contributed by atoms with Gasteiger partial charge in [-0.2, -0.15) is 0 Å². The molecule has 2 heterocycles. The summed E-state index contributed by atoms with van der Waals surface area (Å²) in [7, 11) is 0. The average Bonchev–Trinajstić information content (AvgIpc) is 3.30. The minimum Gasteiger partial charge on any atom is -0.478 e. The summed E-state index contributed by atoms with van der Waals surface area (Å²) < 4.78 is 5.43. The smallest absolute Gasteiger partial charge is 0.339 e. The van der Waals surface area contributed by atoms with Crippen LogP contribution < -0.4 is 0 Å². The highest BCUT2D eigenvalue weighted by Gasteiger charge is 2.25. The molecule has 4 heteroatoms. The Morgan fingerprint density at radius 1 is 1.22 bits per heavy atom. The van der Waals surface area contributed by atoms with Crippen LogP contribution >= 0.6 is 0 Å². The minimum absolute atomic E-state index is 0.303. The summed E-state index contributed by atoms with van der Waals surface area (Å²) in [6.07, 6.45) is 4.21. The van der Waals surface area contributed by atoms with Gasteiger partial charge in [-0.25, -0.2) is 4.79 Å². The zero-order valence-corrected chi connectivity index (χ0v) is 13.2. The Bertz CT molecular complexity index is 832. The van der Waals surface area contributed by atoms with Crippen LogP contribution in [0.3, 0.4) is 0 Å². The monoisotopic (exact) mass is 309 g/mol. The van der Waals surface area contributed by atoms with E-state index < -0.39 is 5.97 Å². The van der Waals surface area contributed by atoms with Crippen LogP contribution in [-0.4, -0.2) is 16.1 Å². The summed E-state index contributed by atoms with van der Waals surface area (Å²) >= 11 is 0. The second kappa shape index (κ2) is 6.24. The van der Waals surface area contributed by atoms with Gasteiger partial charge in [-0.05, 0) is 62.4 Å². The summed E-state index contributed by atoms with van der Waals surface area (Å²) in [5.74, 6) is 0.195. The number of fused-ring (bicyclic) bond motifs is 1. The third kappa shape index (κ3) is 3.42. The van der Waals surface area contributed by atoms with Crippen LogP contribution in [0, 0.1) is 13.8 Å². The van der Waals surface area contributed by atoms with Crippen LogP contribution in [0.2, 0.25) is 0 Å². The van der Waals surface area contributed by atoms with E-state index in [2.05, 4.69) is 4.98 Å². The summed E-state index contributed by atoms with van der Waals surface area (Å²) in [4.78, 5) is 15.1. The number of carboxylic acid groups (broad SMARTS) is 1. The Morgan fingerprint density at radius 3 is 2.52 bits per heavy atom. The molecule has 0 radical (unpaired) electrons. The Balaban J connectivity index is 0.000000188. The number of nitrogens with zero attached hydrogens (tertiary/aromatic N) is 1. The lowest BCUT2D eigenvalue weighted by molar-refractivity contribution is 0.0697. The topological polar surface area (TPSA) is 63.3 Å². The van der Waals surface area contributed by atoms with Gasteiger partial charge < -0.3 is 9.52 Å². The number of aryl methyl sites for hydroxylation is 2. The molecule has 1 aliphatic carbocycles. The largest absolute Gasteiger partial charge is 0.478 e. The van der Waals surface area contributed by atoms with Gasteiger partial charge >= 0.3 is 5.97 Å². The van der Waals surface area contributed by atoms with E-state index in [-0.39, 0.29) is 0 Å². The molecule has 4 rings (SSSR count). The molecule has 1 aliphatic rings. The van der Waals surface area contributed by atoms with Crippen LogP contribution in [0.4, 0.5) is 0 Å². The van der Waals surface area contributed by atoms with E-state index in [4.69, 9.17) is 9.52 Å². The summed E-state index contributed by atoms with van der Waals surface area (Å²) in [5.41, 5.74) is 3.27. The number of pyridine rings is 1. The lowest BCUT2D eigenvalue weighted by Gasteiger charge is -1.97. The number of rotatable bonds is 2. The average molecular weight is 309 g/mol. The number of hydrogen-bond acceptors (Lipinski definition) is 3. The van der Waals surface area contributed by atoms with Gasteiger partial charge in [0.2, 0.25) is 0 Å². The molecule has 0 atom stereocenters. The Kier molecular flexibility index (Phi) is 4.15. The number of benzene rings is 1. The van der Waals surface area contributed by atoms with Crippen molar-refractivity contribution in [3.05, 3.63) is 65.2 Å². The van der Waals surface area contributed by atoms with E-state index in [0.29, 0.717) is 22.8 Å². The molecular weight excluding hydrogens is 290 g/mol. The number of carboxylic acids is 1. The molecule has 0 bridgehead atoms. The predicted molar refractivity (Wildman–Crippen MR) is 88.9 cm³/mol. The van der Waals surface area contributed by atoms with Crippen LogP contribution in [0.5, 0.6) is 0 Å². The van der Waals surface area contributed by atoms with E-state index in [1.54, 1.807) is 13.1 Å². The standard InChI is InChI=1S/C13H12O3.C6H7N/c1-7-12(13(14)15)10-6-9(8-2-3-8)4-5-11(10)16-7;1-6-4-2-3-5-7-6/h4-6,8H,2-3H2,1H3,(H,14,15);2-5H,1H3. The van der Waals surface area contributed by atoms with Gasteiger partial charge in [0.05, 0.1) is 0 Å². The van der Waals surface area contributed by atoms with Crippen molar-refractivity contribution in [1.29, 1.82) is 0 Å². The fraction of sp³-hybridized carbons (Fsp3) is 0.263. The first-order valence-corrected chi connectivity index (χ1v) is 7.70. The van der Waals surface area contributed by atoms with Crippen molar-refractivity contribution in [2.24, 2.45) is 0 Å². The molecule has 0 amide bonds. The maximum atomic E-state index is 11.1. The molecule has 0 saturated heterocycles. The first-order valence-electron chi connectivity index (χ1n) is 7.70. The normalized spacial score (nSPS) is 13.5. The molecule has 0 spiro atoms. The van der Waals surface area contributed by atoms with Gasteiger partial charge in [0, 0.05) is 17.3 Å². The van der Waals surface area contributed by atoms with Crippen molar-refractivity contribution >= 4 is 16.9 Å². The molecule has 1 N–H and O–H groups in total. The summed E-state index contributed by atoms with van der Waals surface area (Å²) in [6.45, 7) is 3.67. The number of carbonyl (C=O) groups is 1. The number of aromatic nitrogens is 1. The third-order valence-corrected chi connectivity index (χ3v) is 3.96. The highest BCUT2D eigenvalue weighted by molar-refractivity contribution is 6.03. The molecule has 23 heavy (non-hydrogen) atoms. The molecule has 2 aromatic heterocycles. The second-order valence-electron chi connectivity index (χ2n) is 5.84. The molecule has 1 aromatic carbocycles. The van der Waals surface area contributed by atoms with Gasteiger partial charge in [-0.1, -0.05) is 12.1 Å². The molecule has 1 saturated carbocycles. The first-order chi connectivity index (χ1) is 11.1. The van der Waals surface area contributed by atoms with E-state index in [0.717, 1.165) is 11.1 Å². The Morgan fingerprint density at radius 2 is 2.00 bits per heavy atom. The lowest BCUT2D eigenvalue weighted by atomic mass is 10.1. The van der Waals surface area contributed by atoms with Crippen molar-refractivity contribution in [2.75, 3.05) is 0 Å². The molecule has 0 aliphatic heterocycles. The zero-order valence-electron chi connectivity index (χ0n) is 13.2. The maximum Gasteiger partial charge on any atom is 0.339 e. The first kappa shape index (κ1) is 15.3. The van der Waals surface area contributed by atoms with Crippen molar-refractivity contribution in [2.45, 2.75) is 32.6 Å². The van der Waals surface area contributed by atoms with Crippen LogP contribution in [0.1, 0.15) is 46.1 Å². The Labute approximate surface area is 134 Å². The van der Waals surface area contributed by atoms with E-state index in [1.807, 2.05) is 43.3 Å². The summed E-state index contributed by atoms with van der Waals surface area (Å²) in [5, 5.41) is 9.87. The highest BCUT2D eigenvalue weighted by Crippen LogP contribution is 2.41. The highest BCUT2D eigenvalue weighted by atomic mass is 16.4. The van der Waals surface area contributed by atoms with E-state index in [9.17, 15) is 4.79 Å². The van der Waals surface area contributed by atoms with Gasteiger partial charge in [-0.15, -0.1) is 0 Å². The zero-order chi connectivity index (χ0) is 16.4. The van der Waals surface area contributed by atoms with Gasteiger partial charge in [0.25, 0.3) is 0 Å². The van der Waals surface area contributed by atoms with E-state index in [1.165, 1.54) is 18.4 Å². The molecule has 4 nitrogen and oxygen atoms in total. The second-order valence-corrected chi connectivity index (χ2v) is 5.84. The van der Waals surface area contributed by atoms with Crippen LogP contribution in [0.25, 0.3) is 11.0 Å². The Hall–Kier alpha value is -2.62.